The lowest BCUT2D eigenvalue weighted by Crippen LogP contribution is -2.74. The number of para-hydroxylation sites is 3. The van der Waals surface area contributed by atoms with Crippen LogP contribution in [0.5, 0.6) is 0 Å². The van der Waals surface area contributed by atoms with Crippen LogP contribution in [0.2, 0.25) is 0 Å². The molecule has 57 heavy (non-hydrogen) atoms. The van der Waals surface area contributed by atoms with Gasteiger partial charge in [-0.2, -0.15) is 9.97 Å². The van der Waals surface area contributed by atoms with Crippen molar-refractivity contribution in [1.82, 2.24) is 19.5 Å². The zero-order chi connectivity index (χ0) is 37.8. The van der Waals surface area contributed by atoms with Gasteiger partial charge in [0.2, 0.25) is 5.95 Å². The molecule has 6 heteroatoms. The Bertz CT molecular complexity index is 3140. The molecule has 0 fully saturated rings. The fourth-order valence-corrected chi connectivity index (χ4v) is 13.6. The van der Waals surface area contributed by atoms with E-state index in [0.717, 1.165) is 54.9 Å². The predicted octanol–water partition coefficient (Wildman–Crippen LogP) is 9.58. The van der Waals surface area contributed by atoms with Gasteiger partial charge in [0.05, 0.1) is 11.0 Å². The third-order valence-electron chi connectivity index (χ3n) is 11.2. The summed E-state index contributed by atoms with van der Waals surface area (Å²) >= 11 is 0. The average Bonchev–Trinajstić information content (AvgIpc) is 3.84. The molecule has 0 radical (unpaired) electrons. The molecule has 0 bridgehead atoms. The second kappa shape index (κ2) is 13.4. The van der Waals surface area contributed by atoms with E-state index in [4.69, 9.17) is 19.4 Å². The standard InChI is InChI=1S/C51H34N4OSi/c1-5-18-35(19-6-1)49-52-50(36-20-7-2-8-21-36)54-51(53-49)55-44-29-15-13-26-40(44)41-33-32-39(34-45(41)55)57(37-22-9-3-10-23-37,38-24-11-4-12-25-38)47-31-17-28-43-42-27-14-16-30-46(42)56-48(43)47/h1-34H. The number of aromatic nitrogens is 4. The largest absolute Gasteiger partial charge is 0.456 e. The molecule has 11 rings (SSSR count). The summed E-state index contributed by atoms with van der Waals surface area (Å²) in [4.78, 5) is 15.5. The maximum atomic E-state index is 6.90. The van der Waals surface area contributed by atoms with Gasteiger partial charge in [0.1, 0.15) is 11.2 Å². The third-order valence-corrected chi connectivity index (χ3v) is 16.0. The van der Waals surface area contributed by atoms with Gasteiger partial charge in [-0.1, -0.05) is 188 Å². The van der Waals surface area contributed by atoms with Gasteiger partial charge < -0.3 is 4.42 Å². The molecule has 0 amide bonds. The lowest BCUT2D eigenvalue weighted by molar-refractivity contribution is 0.671. The van der Waals surface area contributed by atoms with E-state index in [2.05, 4.69) is 168 Å². The molecule has 11 aromatic rings. The van der Waals surface area contributed by atoms with E-state index in [1.807, 2.05) is 42.5 Å². The highest BCUT2D eigenvalue weighted by atomic mass is 28.3. The van der Waals surface area contributed by atoms with Crippen LogP contribution in [-0.2, 0) is 0 Å². The summed E-state index contributed by atoms with van der Waals surface area (Å²) in [6, 6.07) is 73.0. The topological polar surface area (TPSA) is 56.7 Å². The Balaban J connectivity index is 1.26. The fourth-order valence-electron chi connectivity index (χ4n) is 8.70. The van der Waals surface area contributed by atoms with Gasteiger partial charge in [0.15, 0.2) is 19.7 Å². The van der Waals surface area contributed by atoms with Crippen molar-refractivity contribution in [2.75, 3.05) is 0 Å². The maximum Gasteiger partial charge on any atom is 0.238 e. The Morgan fingerprint density at radius 2 is 0.912 bits per heavy atom. The molecule has 0 saturated heterocycles. The monoisotopic (exact) mass is 746 g/mol. The summed E-state index contributed by atoms with van der Waals surface area (Å²) in [5.74, 6) is 1.81. The lowest BCUT2D eigenvalue weighted by Gasteiger charge is -2.34. The number of fused-ring (bicyclic) bond motifs is 6. The van der Waals surface area contributed by atoms with Crippen molar-refractivity contribution in [2.45, 2.75) is 0 Å². The van der Waals surface area contributed by atoms with Gasteiger partial charge in [-0.15, -0.1) is 0 Å². The summed E-state index contributed by atoms with van der Waals surface area (Å²) in [5, 5.41) is 9.46. The van der Waals surface area contributed by atoms with Crippen LogP contribution in [0, 0.1) is 0 Å². The Labute approximate surface area is 330 Å². The van der Waals surface area contributed by atoms with E-state index < -0.39 is 8.07 Å². The molecule has 0 aliphatic carbocycles. The van der Waals surface area contributed by atoms with E-state index in [0.29, 0.717) is 17.6 Å². The van der Waals surface area contributed by atoms with Gasteiger partial charge in [-0.25, -0.2) is 4.98 Å². The molecule has 0 N–H and O–H groups in total. The number of furan rings is 1. The molecule has 3 heterocycles. The molecule has 0 atom stereocenters. The molecule has 268 valence electrons. The van der Waals surface area contributed by atoms with Gasteiger partial charge in [-0.3, -0.25) is 4.57 Å². The van der Waals surface area contributed by atoms with E-state index in [9.17, 15) is 0 Å². The van der Waals surface area contributed by atoms with Crippen LogP contribution in [0.3, 0.4) is 0 Å². The molecule has 0 unspecified atom stereocenters. The smallest absolute Gasteiger partial charge is 0.238 e. The molecular weight excluding hydrogens is 713 g/mol. The first-order valence-electron chi connectivity index (χ1n) is 19.2. The average molecular weight is 747 g/mol. The fraction of sp³-hybridized carbons (Fsp3) is 0. The molecular formula is C51H34N4OSi. The van der Waals surface area contributed by atoms with E-state index in [-0.39, 0.29) is 0 Å². The first-order valence-corrected chi connectivity index (χ1v) is 21.2. The van der Waals surface area contributed by atoms with Crippen LogP contribution in [-0.4, -0.2) is 27.6 Å². The minimum Gasteiger partial charge on any atom is -0.456 e. The van der Waals surface area contributed by atoms with Crippen LogP contribution in [0.25, 0.3) is 72.5 Å². The highest BCUT2D eigenvalue weighted by Crippen LogP contribution is 2.33. The molecule has 0 aliphatic rings. The van der Waals surface area contributed by atoms with Crippen molar-refractivity contribution in [3.05, 3.63) is 206 Å². The Kier molecular flexibility index (Phi) is 7.76. The highest BCUT2D eigenvalue weighted by molar-refractivity contribution is 7.20. The van der Waals surface area contributed by atoms with Crippen LogP contribution in [0.4, 0.5) is 0 Å². The van der Waals surface area contributed by atoms with Gasteiger partial charge in [-0.05, 0) is 38.9 Å². The van der Waals surface area contributed by atoms with Crippen LogP contribution < -0.4 is 20.7 Å². The van der Waals surface area contributed by atoms with Gasteiger partial charge in [0, 0.05) is 32.7 Å². The predicted molar refractivity (Wildman–Crippen MR) is 236 cm³/mol. The number of rotatable bonds is 7. The number of benzene rings is 8. The van der Waals surface area contributed by atoms with Crippen molar-refractivity contribution in [2.24, 2.45) is 0 Å². The first-order chi connectivity index (χ1) is 28.3. The minimum atomic E-state index is -3.10. The summed E-state index contributed by atoms with van der Waals surface area (Å²) in [5.41, 5.74) is 5.73. The first kappa shape index (κ1) is 33.0. The SMILES string of the molecule is c1ccc(-c2nc(-c3ccccc3)nc(-n3c4ccccc4c4ccc([Si](c5ccccc5)(c5ccccc5)c5cccc6c5oc5ccccc56)cc43)n2)cc1. The third kappa shape index (κ3) is 5.26. The van der Waals surface area contributed by atoms with E-state index in [1.54, 1.807) is 0 Å². The number of nitrogens with zero attached hydrogens (tertiary/aromatic N) is 4. The highest BCUT2D eigenvalue weighted by Gasteiger charge is 2.44. The minimum absolute atomic E-state index is 0.567. The quantitative estimate of drug-likeness (QED) is 0.121. The molecule has 5 nitrogen and oxygen atoms in total. The van der Waals surface area contributed by atoms with Crippen molar-refractivity contribution >= 4 is 72.6 Å². The molecule has 3 aromatic heterocycles. The Hall–Kier alpha value is -7.41. The normalized spacial score (nSPS) is 11.9. The van der Waals surface area contributed by atoms with Gasteiger partial charge in [0.25, 0.3) is 0 Å². The number of hydrogen-bond acceptors (Lipinski definition) is 4. The van der Waals surface area contributed by atoms with E-state index in [1.165, 1.54) is 20.7 Å². The second-order valence-electron chi connectivity index (χ2n) is 14.4. The molecule has 8 aromatic carbocycles. The van der Waals surface area contributed by atoms with Crippen molar-refractivity contribution < 1.29 is 4.42 Å². The van der Waals surface area contributed by atoms with E-state index >= 15 is 0 Å². The van der Waals surface area contributed by atoms with Crippen molar-refractivity contribution in [1.29, 1.82) is 0 Å². The summed E-state index contributed by atoms with van der Waals surface area (Å²) in [6.45, 7) is 0. The molecule has 0 spiro atoms. The van der Waals surface area contributed by atoms with Crippen LogP contribution in [0.1, 0.15) is 0 Å². The Morgan fingerprint density at radius 3 is 1.56 bits per heavy atom. The summed E-state index contributed by atoms with van der Waals surface area (Å²) in [7, 11) is -3.10. The Morgan fingerprint density at radius 1 is 0.386 bits per heavy atom. The summed E-state index contributed by atoms with van der Waals surface area (Å²) in [6.07, 6.45) is 0. The number of hydrogen-bond donors (Lipinski definition) is 0. The zero-order valence-electron chi connectivity index (χ0n) is 30.8. The maximum absolute atomic E-state index is 6.90. The van der Waals surface area contributed by atoms with Crippen molar-refractivity contribution in [3.8, 4) is 28.7 Å². The lowest BCUT2D eigenvalue weighted by atomic mass is 10.1. The van der Waals surface area contributed by atoms with Crippen molar-refractivity contribution in [3.63, 3.8) is 0 Å². The second-order valence-corrected chi connectivity index (χ2v) is 18.1. The molecule has 0 aliphatic heterocycles. The summed E-state index contributed by atoms with van der Waals surface area (Å²) < 4.78 is 9.12. The molecule has 0 saturated carbocycles. The van der Waals surface area contributed by atoms with Crippen LogP contribution >= 0.6 is 0 Å². The van der Waals surface area contributed by atoms with Gasteiger partial charge >= 0.3 is 0 Å². The zero-order valence-corrected chi connectivity index (χ0v) is 31.8. The van der Waals surface area contributed by atoms with Crippen LogP contribution in [0.15, 0.2) is 211 Å².